The first-order chi connectivity index (χ1) is 5.04. The molecule has 0 saturated carbocycles. The summed E-state index contributed by atoms with van der Waals surface area (Å²) in [6.07, 6.45) is 0. The van der Waals surface area contributed by atoms with Gasteiger partial charge in [0.05, 0.1) is 0 Å². The lowest BCUT2D eigenvalue weighted by Crippen LogP contribution is -2.38. The normalized spacial score (nSPS) is 12.5. The summed E-state index contributed by atoms with van der Waals surface area (Å²) in [6.45, 7) is 3.11. The molecule has 0 aromatic rings. The topological polar surface area (TPSA) is 21.7 Å². The van der Waals surface area contributed by atoms with E-state index < -0.39 is 8.56 Å². The van der Waals surface area contributed by atoms with Crippen molar-refractivity contribution in [3.05, 3.63) is 0 Å². The van der Waals surface area contributed by atoms with Crippen LogP contribution in [0.15, 0.2) is 0 Å². The molecule has 0 atom stereocenters. The summed E-state index contributed by atoms with van der Waals surface area (Å²) in [6, 6.07) is 1.02. The van der Waals surface area contributed by atoms with Crippen LogP contribution in [0.3, 0.4) is 0 Å². The first-order valence-corrected chi connectivity index (χ1v) is 6.31. The highest BCUT2D eigenvalue weighted by Crippen LogP contribution is 2.10. The molecule has 0 unspecified atom stereocenters. The highest BCUT2D eigenvalue weighted by molar-refractivity contribution is 6.66. The third-order valence-corrected chi connectivity index (χ3v) is 4.74. The summed E-state index contributed by atoms with van der Waals surface area (Å²) < 4.78 is 10.7. The average molecular weight is 177 g/mol. The molecule has 68 valence electrons. The molecule has 0 aliphatic carbocycles. The van der Waals surface area contributed by atoms with Gasteiger partial charge in [0.15, 0.2) is 0 Å². The van der Waals surface area contributed by atoms with Crippen molar-refractivity contribution in [1.82, 2.24) is 4.90 Å². The van der Waals surface area contributed by atoms with Crippen LogP contribution in [-0.4, -0.2) is 48.3 Å². The third kappa shape index (κ3) is 4.52. The van der Waals surface area contributed by atoms with Crippen molar-refractivity contribution in [2.24, 2.45) is 0 Å². The molecule has 0 spiro atoms. The monoisotopic (exact) mass is 177 g/mol. The van der Waals surface area contributed by atoms with E-state index >= 15 is 0 Å². The molecular weight excluding hydrogens is 158 g/mol. The van der Waals surface area contributed by atoms with Crippen LogP contribution in [0.1, 0.15) is 0 Å². The summed E-state index contributed by atoms with van der Waals surface area (Å²) in [5.41, 5.74) is 0. The quantitative estimate of drug-likeness (QED) is 0.583. The van der Waals surface area contributed by atoms with E-state index in [0.29, 0.717) is 0 Å². The van der Waals surface area contributed by atoms with Gasteiger partial charge in [-0.15, -0.1) is 0 Å². The molecule has 0 aliphatic heterocycles. The van der Waals surface area contributed by atoms with Gasteiger partial charge in [0, 0.05) is 20.3 Å². The van der Waals surface area contributed by atoms with Gasteiger partial charge in [-0.25, -0.2) is 0 Å². The van der Waals surface area contributed by atoms with Gasteiger partial charge in [0.2, 0.25) is 0 Å². The molecule has 0 heterocycles. The predicted molar refractivity (Wildman–Crippen MR) is 49.0 cm³/mol. The van der Waals surface area contributed by atoms with Gasteiger partial charge < -0.3 is 13.8 Å². The Labute approximate surface area is 70.5 Å². The minimum Gasteiger partial charge on any atom is -0.398 e. The molecule has 0 rings (SSSR count). The summed E-state index contributed by atoms with van der Waals surface area (Å²) in [5.74, 6) is 0. The molecule has 0 saturated heterocycles. The first kappa shape index (κ1) is 11.1. The second-order valence-corrected chi connectivity index (χ2v) is 6.68. The van der Waals surface area contributed by atoms with Crippen molar-refractivity contribution in [3.8, 4) is 0 Å². The molecule has 4 heteroatoms. The largest absolute Gasteiger partial charge is 0.398 e. The molecule has 0 bridgehead atoms. The second kappa shape index (κ2) is 4.87. The van der Waals surface area contributed by atoms with E-state index in [4.69, 9.17) is 8.85 Å². The van der Waals surface area contributed by atoms with Gasteiger partial charge in [-0.2, -0.15) is 0 Å². The molecule has 0 N–H and O–H groups in total. The van der Waals surface area contributed by atoms with E-state index in [1.807, 2.05) is 0 Å². The van der Waals surface area contributed by atoms with E-state index in [1.54, 1.807) is 14.2 Å². The van der Waals surface area contributed by atoms with Gasteiger partial charge in [-0.1, -0.05) is 0 Å². The summed E-state index contributed by atoms with van der Waals surface area (Å²) >= 11 is 0. The fourth-order valence-electron chi connectivity index (χ4n) is 0.714. The van der Waals surface area contributed by atoms with E-state index in [9.17, 15) is 0 Å². The first-order valence-electron chi connectivity index (χ1n) is 3.79. The van der Waals surface area contributed by atoms with Gasteiger partial charge in [-0.3, -0.25) is 0 Å². The lowest BCUT2D eigenvalue weighted by Gasteiger charge is -2.24. The number of hydrogen-bond donors (Lipinski definition) is 0. The highest BCUT2D eigenvalue weighted by atomic mass is 28.4. The zero-order valence-corrected chi connectivity index (χ0v) is 9.18. The van der Waals surface area contributed by atoms with Crippen molar-refractivity contribution in [1.29, 1.82) is 0 Å². The minimum absolute atomic E-state index is 1.02. The van der Waals surface area contributed by atoms with Crippen LogP contribution >= 0.6 is 0 Å². The molecule has 11 heavy (non-hydrogen) atoms. The Balaban J connectivity index is 3.69. The molecule has 0 aromatic heterocycles. The van der Waals surface area contributed by atoms with Crippen molar-refractivity contribution in [2.45, 2.75) is 12.6 Å². The number of rotatable bonds is 5. The maximum Gasteiger partial charge on any atom is 0.335 e. The lowest BCUT2D eigenvalue weighted by atomic mass is 10.7. The van der Waals surface area contributed by atoms with Gasteiger partial charge in [0.1, 0.15) is 0 Å². The molecule has 3 nitrogen and oxygen atoms in total. The Morgan fingerprint density at radius 1 is 1.18 bits per heavy atom. The predicted octanol–water partition coefficient (Wildman–Crippen LogP) is 0.913. The Hall–Kier alpha value is 0.0969. The van der Waals surface area contributed by atoms with Crippen molar-refractivity contribution in [2.75, 3.05) is 34.9 Å². The van der Waals surface area contributed by atoms with Crippen LogP contribution in [0.5, 0.6) is 0 Å². The Bertz CT molecular complexity index is 105. The van der Waals surface area contributed by atoms with E-state index in [1.165, 1.54) is 0 Å². The molecule has 0 amide bonds. The van der Waals surface area contributed by atoms with Crippen LogP contribution in [0.2, 0.25) is 12.6 Å². The van der Waals surface area contributed by atoms with E-state index in [0.717, 1.165) is 12.6 Å². The summed E-state index contributed by atoms with van der Waals surface area (Å²) in [7, 11) is 5.76. The molecule has 0 aliphatic rings. The SMILES string of the molecule is CO[Si](C)(CCN(C)C)OC. The number of nitrogens with zero attached hydrogens (tertiary/aromatic N) is 1. The third-order valence-electron chi connectivity index (χ3n) is 1.88. The maximum atomic E-state index is 5.33. The summed E-state index contributed by atoms with van der Waals surface area (Å²) in [4.78, 5) is 2.14. The Kier molecular flexibility index (Phi) is 4.91. The van der Waals surface area contributed by atoms with Gasteiger partial charge in [-0.05, 0) is 27.2 Å². The van der Waals surface area contributed by atoms with Crippen LogP contribution in [0.25, 0.3) is 0 Å². The smallest absolute Gasteiger partial charge is 0.335 e. The fourth-order valence-corrected chi connectivity index (χ4v) is 2.14. The van der Waals surface area contributed by atoms with Crippen LogP contribution in [0, 0.1) is 0 Å². The Morgan fingerprint density at radius 2 is 1.64 bits per heavy atom. The van der Waals surface area contributed by atoms with E-state index in [-0.39, 0.29) is 0 Å². The zero-order valence-electron chi connectivity index (χ0n) is 8.18. The number of hydrogen-bond acceptors (Lipinski definition) is 3. The zero-order chi connectivity index (χ0) is 8.91. The average Bonchev–Trinajstić information content (AvgIpc) is 2.00. The maximum absolute atomic E-state index is 5.33. The van der Waals surface area contributed by atoms with E-state index in [2.05, 4.69) is 25.5 Å². The van der Waals surface area contributed by atoms with Crippen molar-refractivity contribution < 1.29 is 8.85 Å². The lowest BCUT2D eigenvalue weighted by molar-refractivity contribution is 0.243. The fraction of sp³-hybridized carbons (Fsp3) is 1.00. The van der Waals surface area contributed by atoms with Crippen molar-refractivity contribution >= 4 is 8.56 Å². The standard InChI is InChI=1S/C7H19NO2Si/c1-8(2)6-7-11(5,9-3)10-4/h6-7H2,1-5H3. The summed E-state index contributed by atoms with van der Waals surface area (Å²) in [5, 5.41) is 0. The van der Waals surface area contributed by atoms with Crippen LogP contribution in [0.4, 0.5) is 0 Å². The molecule has 0 radical (unpaired) electrons. The molecular formula is C7H19NO2Si. The minimum atomic E-state index is -1.80. The molecule has 0 aromatic carbocycles. The van der Waals surface area contributed by atoms with Crippen molar-refractivity contribution in [3.63, 3.8) is 0 Å². The highest BCUT2D eigenvalue weighted by Gasteiger charge is 2.27. The Morgan fingerprint density at radius 3 is 1.91 bits per heavy atom. The second-order valence-electron chi connectivity index (χ2n) is 3.10. The van der Waals surface area contributed by atoms with Crippen LogP contribution in [-0.2, 0) is 8.85 Å². The molecule has 0 fully saturated rings. The van der Waals surface area contributed by atoms with Crippen LogP contribution < -0.4 is 0 Å². The van der Waals surface area contributed by atoms with Gasteiger partial charge in [0.25, 0.3) is 0 Å². The van der Waals surface area contributed by atoms with Gasteiger partial charge >= 0.3 is 8.56 Å².